The molecule has 2 aliphatic rings. The largest absolute Gasteiger partial charge is 0.304 e. The Bertz CT molecular complexity index is 472. The van der Waals surface area contributed by atoms with Crippen LogP contribution >= 0.6 is 0 Å². The van der Waals surface area contributed by atoms with Gasteiger partial charge in [-0.15, -0.1) is 0 Å². The molecule has 110 valence electrons. The zero-order chi connectivity index (χ0) is 14.2. The number of nitrogens with one attached hydrogen (secondary N) is 1. The van der Waals surface area contributed by atoms with Crippen molar-refractivity contribution in [2.45, 2.75) is 64.1 Å². The van der Waals surface area contributed by atoms with Gasteiger partial charge in [-0.2, -0.15) is 0 Å². The molecule has 0 bridgehead atoms. The molecule has 1 aromatic carbocycles. The van der Waals surface area contributed by atoms with Crippen LogP contribution in [0.5, 0.6) is 0 Å². The highest BCUT2D eigenvalue weighted by atomic mass is 15.3. The third kappa shape index (κ3) is 3.07. The molecule has 1 saturated carbocycles. The van der Waals surface area contributed by atoms with E-state index in [0.717, 1.165) is 13.1 Å². The van der Waals surface area contributed by atoms with Gasteiger partial charge in [0, 0.05) is 30.7 Å². The first-order valence-corrected chi connectivity index (χ1v) is 8.04. The van der Waals surface area contributed by atoms with Gasteiger partial charge in [-0.25, -0.2) is 0 Å². The van der Waals surface area contributed by atoms with Gasteiger partial charge in [0.05, 0.1) is 0 Å². The highest BCUT2D eigenvalue weighted by molar-refractivity contribution is 5.22. The summed E-state index contributed by atoms with van der Waals surface area (Å²) < 4.78 is 0. The van der Waals surface area contributed by atoms with Gasteiger partial charge in [0.1, 0.15) is 0 Å². The monoisotopic (exact) mass is 272 g/mol. The summed E-state index contributed by atoms with van der Waals surface area (Å²) in [6, 6.07) is 8.96. The second-order valence-electron chi connectivity index (χ2n) is 7.63. The predicted molar refractivity (Wildman–Crippen MR) is 84.9 cm³/mol. The van der Waals surface area contributed by atoms with Crippen LogP contribution in [-0.2, 0) is 6.54 Å². The molecule has 1 spiro atoms. The molecule has 1 saturated heterocycles. The van der Waals surface area contributed by atoms with Gasteiger partial charge in [0.15, 0.2) is 0 Å². The summed E-state index contributed by atoms with van der Waals surface area (Å²) in [7, 11) is 0. The summed E-state index contributed by atoms with van der Waals surface area (Å²) in [5, 5.41) is 3.95. The Hall–Kier alpha value is -0.860. The molecule has 1 aromatic rings. The minimum Gasteiger partial charge on any atom is -0.304 e. The highest BCUT2D eigenvalue weighted by Crippen LogP contribution is 2.35. The van der Waals surface area contributed by atoms with E-state index in [4.69, 9.17) is 0 Å². The fraction of sp³-hybridized carbons (Fsp3) is 0.667. The lowest BCUT2D eigenvalue weighted by atomic mass is 9.87. The molecule has 1 aliphatic heterocycles. The number of benzene rings is 1. The fourth-order valence-corrected chi connectivity index (χ4v) is 4.36. The van der Waals surface area contributed by atoms with E-state index in [0.29, 0.717) is 5.54 Å². The lowest BCUT2D eigenvalue weighted by Gasteiger charge is -2.50. The van der Waals surface area contributed by atoms with Gasteiger partial charge in [-0.3, -0.25) is 4.90 Å². The standard InChI is InChI=1S/C18H28N2/c1-15-7-6-8-16(11-15)12-20-13-17(2,3)19-18(14-20)9-4-5-10-18/h6-8,11,19H,4-5,9-10,12-14H2,1-3H3. The first-order chi connectivity index (χ1) is 9.46. The quantitative estimate of drug-likeness (QED) is 0.886. The lowest BCUT2D eigenvalue weighted by molar-refractivity contribution is 0.0573. The van der Waals surface area contributed by atoms with E-state index in [1.807, 2.05) is 0 Å². The Morgan fingerprint density at radius 3 is 2.60 bits per heavy atom. The van der Waals surface area contributed by atoms with Crippen molar-refractivity contribution in [2.24, 2.45) is 0 Å². The average molecular weight is 272 g/mol. The summed E-state index contributed by atoms with van der Waals surface area (Å²) in [6.45, 7) is 10.3. The summed E-state index contributed by atoms with van der Waals surface area (Å²) in [5.41, 5.74) is 3.43. The molecule has 0 aromatic heterocycles. The molecule has 2 fully saturated rings. The second kappa shape index (κ2) is 5.16. The first kappa shape index (κ1) is 14.1. The molecule has 0 atom stereocenters. The van der Waals surface area contributed by atoms with Crippen molar-refractivity contribution in [2.75, 3.05) is 13.1 Å². The van der Waals surface area contributed by atoms with Crippen LogP contribution in [0.3, 0.4) is 0 Å². The third-order valence-corrected chi connectivity index (χ3v) is 4.80. The molecule has 3 rings (SSSR count). The maximum absolute atomic E-state index is 3.95. The van der Waals surface area contributed by atoms with Crippen molar-refractivity contribution in [3.8, 4) is 0 Å². The molecule has 1 N–H and O–H groups in total. The topological polar surface area (TPSA) is 15.3 Å². The summed E-state index contributed by atoms with van der Waals surface area (Å²) >= 11 is 0. The molecule has 0 unspecified atom stereocenters. The lowest BCUT2D eigenvalue weighted by Crippen LogP contribution is -2.67. The Morgan fingerprint density at radius 1 is 1.15 bits per heavy atom. The van der Waals surface area contributed by atoms with Crippen molar-refractivity contribution in [3.63, 3.8) is 0 Å². The minimum atomic E-state index is 0.229. The van der Waals surface area contributed by atoms with E-state index in [-0.39, 0.29) is 5.54 Å². The summed E-state index contributed by atoms with van der Waals surface area (Å²) in [4.78, 5) is 2.66. The van der Waals surface area contributed by atoms with Crippen LogP contribution in [-0.4, -0.2) is 29.1 Å². The van der Waals surface area contributed by atoms with E-state index in [9.17, 15) is 0 Å². The zero-order valence-corrected chi connectivity index (χ0v) is 13.2. The number of rotatable bonds is 2. The van der Waals surface area contributed by atoms with Crippen molar-refractivity contribution >= 4 is 0 Å². The van der Waals surface area contributed by atoms with Crippen LogP contribution in [0.2, 0.25) is 0 Å². The molecular formula is C18H28N2. The SMILES string of the molecule is Cc1cccc(CN2CC(C)(C)NC3(CCCC3)C2)c1. The van der Waals surface area contributed by atoms with Gasteiger partial charge in [0.2, 0.25) is 0 Å². The average Bonchev–Trinajstić information content (AvgIpc) is 2.74. The molecule has 20 heavy (non-hydrogen) atoms. The van der Waals surface area contributed by atoms with E-state index >= 15 is 0 Å². The van der Waals surface area contributed by atoms with Crippen LogP contribution < -0.4 is 5.32 Å². The Morgan fingerprint density at radius 2 is 1.90 bits per heavy atom. The Balaban J connectivity index is 1.75. The van der Waals surface area contributed by atoms with Crippen LogP contribution in [0.1, 0.15) is 50.7 Å². The van der Waals surface area contributed by atoms with E-state index in [1.54, 1.807) is 0 Å². The van der Waals surface area contributed by atoms with Crippen molar-refractivity contribution in [3.05, 3.63) is 35.4 Å². The molecule has 0 radical (unpaired) electrons. The van der Waals surface area contributed by atoms with Gasteiger partial charge in [-0.05, 0) is 39.2 Å². The Kier molecular flexibility index (Phi) is 3.64. The van der Waals surface area contributed by atoms with Crippen LogP contribution in [0.4, 0.5) is 0 Å². The molecule has 0 amide bonds. The van der Waals surface area contributed by atoms with Gasteiger partial charge < -0.3 is 5.32 Å². The number of piperazine rings is 1. The van der Waals surface area contributed by atoms with Gasteiger partial charge in [0.25, 0.3) is 0 Å². The van der Waals surface area contributed by atoms with Gasteiger partial charge >= 0.3 is 0 Å². The van der Waals surface area contributed by atoms with E-state index in [1.165, 1.54) is 43.4 Å². The van der Waals surface area contributed by atoms with Crippen molar-refractivity contribution < 1.29 is 0 Å². The highest BCUT2D eigenvalue weighted by Gasteiger charge is 2.43. The fourth-order valence-electron chi connectivity index (χ4n) is 4.36. The van der Waals surface area contributed by atoms with E-state index in [2.05, 4.69) is 55.3 Å². The number of nitrogens with zero attached hydrogens (tertiary/aromatic N) is 1. The van der Waals surface area contributed by atoms with Crippen molar-refractivity contribution in [1.29, 1.82) is 0 Å². The molecular weight excluding hydrogens is 244 g/mol. The maximum atomic E-state index is 3.95. The van der Waals surface area contributed by atoms with Crippen LogP contribution in [0.15, 0.2) is 24.3 Å². The molecule has 1 aliphatic carbocycles. The van der Waals surface area contributed by atoms with Crippen LogP contribution in [0, 0.1) is 6.92 Å². The normalized spacial score (nSPS) is 25.1. The molecule has 2 nitrogen and oxygen atoms in total. The maximum Gasteiger partial charge on any atom is 0.0314 e. The number of hydrogen-bond acceptors (Lipinski definition) is 2. The first-order valence-electron chi connectivity index (χ1n) is 8.04. The Labute approximate surface area is 123 Å². The number of hydrogen-bond donors (Lipinski definition) is 1. The van der Waals surface area contributed by atoms with Gasteiger partial charge in [-0.1, -0.05) is 42.7 Å². The van der Waals surface area contributed by atoms with E-state index < -0.39 is 0 Å². The predicted octanol–water partition coefficient (Wildman–Crippen LogP) is 3.49. The minimum absolute atomic E-state index is 0.229. The molecule has 1 heterocycles. The number of aryl methyl sites for hydroxylation is 1. The summed E-state index contributed by atoms with van der Waals surface area (Å²) in [6.07, 6.45) is 5.48. The van der Waals surface area contributed by atoms with Crippen molar-refractivity contribution in [1.82, 2.24) is 10.2 Å². The second-order valence-corrected chi connectivity index (χ2v) is 7.63. The van der Waals surface area contributed by atoms with Crippen LogP contribution in [0.25, 0.3) is 0 Å². The molecule has 2 heteroatoms. The zero-order valence-electron chi connectivity index (χ0n) is 13.2. The smallest absolute Gasteiger partial charge is 0.0314 e. The third-order valence-electron chi connectivity index (χ3n) is 4.80. The summed E-state index contributed by atoms with van der Waals surface area (Å²) in [5.74, 6) is 0.